The van der Waals surface area contributed by atoms with Gasteiger partial charge in [-0.1, -0.05) is 12.1 Å². The molecule has 1 aromatic carbocycles. The Bertz CT molecular complexity index is 767. The summed E-state index contributed by atoms with van der Waals surface area (Å²) in [5, 5.41) is 0. The molecule has 2 aliphatic heterocycles. The monoisotopic (exact) mass is 360 g/mol. The Morgan fingerprint density at radius 3 is 2.54 bits per heavy atom. The fourth-order valence-electron chi connectivity index (χ4n) is 3.99. The van der Waals surface area contributed by atoms with Crippen molar-refractivity contribution in [3.63, 3.8) is 0 Å². The van der Waals surface area contributed by atoms with E-state index in [1.54, 1.807) is 4.90 Å². The van der Waals surface area contributed by atoms with Crippen LogP contribution in [0.3, 0.4) is 0 Å². The molecule has 26 heavy (non-hydrogen) atoms. The summed E-state index contributed by atoms with van der Waals surface area (Å²) in [6.45, 7) is 1.08. The Hall–Kier alpha value is -2.65. The second-order valence-corrected chi connectivity index (χ2v) is 6.79. The van der Waals surface area contributed by atoms with Crippen molar-refractivity contribution in [1.29, 1.82) is 0 Å². The number of amides is 4. The Labute approximate surface area is 149 Å². The van der Waals surface area contributed by atoms with Crippen molar-refractivity contribution in [3.8, 4) is 0 Å². The second kappa shape index (κ2) is 5.96. The molecule has 0 bridgehead atoms. The summed E-state index contributed by atoms with van der Waals surface area (Å²) in [7, 11) is 0. The van der Waals surface area contributed by atoms with Crippen LogP contribution in [0.25, 0.3) is 0 Å². The van der Waals surface area contributed by atoms with Crippen molar-refractivity contribution < 1.29 is 23.9 Å². The van der Waals surface area contributed by atoms with Gasteiger partial charge in [0.25, 0.3) is 5.91 Å². The molecular formula is C17H20N4O5. The first-order valence-electron chi connectivity index (χ1n) is 8.41. The Morgan fingerprint density at radius 1 is 1.19 bits per heavy atom. The molecule has 0 radical (unpaired) electrons. The largest absolute Gasteiger partial charge is 0.370 e. The molecule has 4 N–H and O–H groups in total. The van der Waals surface area contributed by atoms with Gasteiger partial charge in [-0.2, -0.15) is 0 Å². The predicted octanol–water partition coefficient (Wildman–Crippen LogP) is -0.502. The number of carbonyl (C=O) groups is 3. The zero-order valence-corrected chi connectivity index (χ0v) is 14.1. The molecule has 3 unspecified atom stereocenters. The average molecular weight is 360 g/mol. The molecule has 2 saturated heterocycles. The zero-order chi connectivity index (χ0) is 18.5. The number of morpholine rings is 1. The molecule has 4 rings (SSSR count). The van der Waals surface area contributed by atoms with Gasteiger partial charge in [0.15, 0.2) is 0 Å². The first-order chi connectivity index (χ1) is 12.4. The third kappa shape index (κ3) is 2.51. The lowest BCUT2D eigenvalue weighted by Gasteiger charge is -2.27. The number of hydrogen-bond acceptors (Lipinski definition) is 5. The van der Waals surface area contributed by atoms with Crippen LogP contribution in [0, 0.1) is 0 Å². The van der Waals surface area contributed by atoms with Crippen molar-refractivity contribution in [2.75, 3.05) is 31.4 Å². The fraction of sp³-hybridized carbons (Fsp3) is 0.471. The molecule has 9 nitrogen and oxygen atoms in total. The van der Waals surface area contributed by atoms with E-state index in [9.17, 15) is 14.4 Å². The second-order valence-electron chi connectivity index (χ2n) is 6.79. The van der Waals surface area contributed by atoms with Gasteiger partial charge in [0, 0.05) is 18.2 Å². The third-order valence-electron chi connectivity index (χ3n) is 5.35. The molecule has 138 valence electrons. The first kappa shape index (κ1) is 16.8. The number of nitrogens with zero attached hydrogens (tertiary/aromatic N) is 2. The fourth-order valence-corrected chi connectivity index (χ4v) is 3.99. The zero-order valence-electron chi connectivity index (χ0n) is 14.1. The Kier molecular flexibility index (Phi) is 3.85. The standard InChI is InChI=1S/C17H20N4O5/c18-15(23)14-17(26-9-21(14)16(19)24)7-12(17)10-1-3-11(4-2-10)20-5-6-25-8-13(20)22/h1-4,12,14H,5-9H2,(H2,18,23)(H2,19,24). The van der Waals surface area contributed by atoms with Crippen LogP contribution in [0.15, 0.2) is 24.3 Å². The minimum absolute atomic E-state index is 0.0419. The van der Waals surface area contributed by atoms with Gasteiger partial charge in [-0.3, -0.25) is 14.5 Å². The topological polar surface area (TPSA) is 128 Å². The van der Waals surface area contributed by atoms with Gasteiger partial charge in [-0.05, 0) is 24.1 Å². The van der Waals surface area contributed by atoms with Crippen LogP contribution in [0.2, 0.25) is 0 Å². The van der Waals surface area contributed by atoms with E-state index in [1.165, 1.54) is 4.90 Å². The average Bonchev–Trinajstić information content (AvgIpc) is 3.18. The lowest BCUT2D eigenvalue weighted by Crippen LogP contribution is -2.51. The van der Waals surface area contributed by atoms with E-state index < -0.39 is 23.6 Å². The van der Waals surface area contributed by atoms with Gasteiger partial charge >= 0.3 is 6.03 Å². The van der Waals surface area contributed by atoms with E-state index in [0.717, 1.165) is 11.3 Å². The summed E-state index contributed by atoms with van der Waals surface area (Å²) in [5.74, 6) is -0.755. The third-order valence-corrected chi connectivity index (χ3v) is 5.35. The van der Waals surface area contributed by atoms with E-state index >= 15 is 0 Å². The molecule has 3 fully saturated rings. The van der Waals surface area contributed by atoms with E-state index in [1.807, 2.05) is 24.3 Å². The first-order valence-corrected chi connectivity index (χ1v) is 8.41. The highest BCUT2D eigenvalue weighted by atomic mass is 16.5. The van der Waals surface area contributed by atoms with Crippen molar-refractivity contribution in [1.82, 2.24) is 4.90 Å². The quantitative estimate of drug-likeness (QED) is 0.751. The van der Waals surface area contributed by atoms with E-state index in [2.05, 4.69) is 0 Å². The highest BCUT2D eigenvalue weighted by Crippen LogP contribution is 2.59. The van der Waals surface area contributed by atoms with Crippen molar-refractivity contribution in [3.05, 3.63) is 29.8 Å². The number of urea groups is 1. The number of primary amides is 2. The number of anilines is 1. The van der Waals surface area contributed by atoms with Crippen molar-refractivity contribution in [2.24, 2.45) is 11.5 Å². The number of hydrogen-bond donors (Lipinski definition) is 2. The number of ether oxygens (including phenoxy) is 2. The molecule has 3 aliphatic rings. The van der Waals surface area contributed by atoms with E-state index in [0.29, 0.717) is 19.6 Å². The summed E-state index contributed by atoms with van der Waals surface area (Å²) in [6.07, 6.45) is 0.584. The van der Waals surface area contributed by atoms with Gasteiger partial charge in [-0.15, -0.1) is 0 Å². The van der Waals surface area contributed by atoms with Gasteiger partial charge in [0.2, 0.25) is 5.91 Å². The van der Waals surface area contributed by atoms with E-state index in [-0.39, 0.29) is 25.2 Å². The smallest absolute Gasteiger partial charge is 0.317 e. The van der Waals surface area contributed by atoms with Crippen LogP contribution < -0.4 is 16.4 Å². The van der Waals surface area contributed by atoms with Gasteiger partial charge in [0.05, 0.1) is 6.61 Å². The lowest BCUT2D eigenvalue weighted by molar-refractivity contribution is -0.125. The highest BCUT2D eigenvalue weighted by molar-refractivity contribution is 5.94. The molecule has 1 saturated carbocycles. The Morgan fingerprint density at radius 2 is 1.92 bits per heavy atom. The predicted molar refractivity (Wildman–Crippen MR) is 90.1 cm³/mol. The van der Waals surface area contributed by atoms with Crippen LogP contribution in [0.4, 0.5) is 10.5 Å². The molecular weight excluding hydrogens is 340 g/mol. The summed E-state index contributed by atoms with van der Waals surface area (Å²) >= 11 is 0. The molecule has 0 aromatic heterocycles. The van der Waals surface area contributed by atoms with Gasteiger partial charge in [0.1, 0.15) is 25.0 Å². The van der Waals surface area contributed by atoms with Crippen LogP contribution in [-0.4, -0.2) is 60.9 Å². The SMILES string of the molecule is NC(=O)C1N(C(N)=O)COC12CC2c1ccc(N2CCOCC2=O)cc1. The summed E-state index contributed by atoms with van der Waals surface area (Å²) in [5.41, 5.74) is 11.8. The van der Waals surface area contributed by atoms with Crippen LogP contribution in [0.5, 0.6) is 0 Å². The molecule has 1 aliphatic carbocycles. The summed E-state index contributed by atoms with van der Waals surface area (Å²) in [4.78, 5) is 38.2. The number of rotatable bonds is 3. The van der Waals surface area contributed by atoms with Crippen molar-refractivity contribution >= 4 is 23.5 Å². The minimum Gasteiger partial charge on any atom is -0.370 e. The van der Waals surface area contributed by atoms with Gasteiger partial charge < -0.3 is 25.8 Å². The molecule has 1 spiro atoms. The summed E-state index contributed by atoms with van der Waals surface area (Å²) in [6, 6.07) is 5.95. The normalized spacial score (nSPS) is 30.7. The number of benzene rings is 1. The van der Waals surface area contributed by atoms with Gasteiger partial charge in [-0.25, -0.2) is 4.79 Å². The maximum absolute atomic E-state index is 11.9. The maximum Gasteiger partial charge on any atom is 0.317 e. The number of nitrogens with two attached hydrogens (primary N) is 2. The maximum atomic E-state index is 11.9. The van der Waals surface area contributed by atoms with E-state index in [4.69, 9.17) is 20.9 Å². The van der Waals surface area contributed by atoms with Crippen molar-refractivity contribution in [2.45, 2.75) is 24.0 Å². The lowest BCUT2D eigenvalue weighted by atomic mass is 10.0. The molecule has 9 heteroatoms. The molecule has 1 aromatic rings. The Balaban J connectivity index is 1.54. The molecule has 3 atom stereocenters. The summed E-state index contributed by atoms with van der Waals surface area (Å²) < 4.78 is 10.9. The van der Waals surface area contributed by atoms with Crippen LogP contribution >= 0.6 is 0 Å². The molecule has 4 amide bonds. The molecule has 2 heterocycles. The number of carbonyl (C=O) groups excluding carboxylic acids is 3. The van der Waals surface area contributed by atoms with Crippen LogP contribution in [-0.2, 0) is 19.1 Å². The van der Waals surface area contributed by atoms with Crippen LogP contribution in [0.1, 0.15) is 17.9 Å². The minimum atomic E-state index is -0.870. The highest BCUT2D eigenvalue weighted by Gasteiger charge is 2.68.